The largest absolute Gasteiger partial charge is 0.472 e. The molecule has 0 rings (SSSR count). The van der Waals surface area contributed by atoms with Gasteiger partial charge in [-0.1, -0.05) is 113 Å². The van der Waals surface area contributed by atoms with E-state index < -0.39 is 32.5 Å². The van der Waals surface area contributed by atoms with Crippen molar-refractivity contribution in [3.05, 3.63) is 60.8 Å². The normalized spacial score (nSPS) is 14.3. The van der Waals surface area contributed by atoms with Gasteiger partial charge in [-0.25, -0.2) is 4.57 Å². The predicted molar refractivity (Wildman–Crippen MR) is 188 cm³/mol. The lowest BCUT2D eigenvalue weighted by Crippen LogP contribution is -2.29. The molecule has 1 N–H and O–H groups in total. The van der Waals surface area contributed by atoms with Gasteiger partial charge < -0.3 is 14.4 Å². The maximum Gasteiger partial charge on any atom is 0.472 e. The molecule has 2 unspecified atom stereocenters. The first kappa shape index (κ1) is 43.8. The second-order valence-corrected chi connectivity index (χ2v) is 12.8. The molecular formula is C37H63O8P. The summed E-state index contributed by atoms with van der Waals surface area (Å²) in [4.78, 5) is 34.2. The summed E-state index contributed by atoms with van der Waals surface area (Å²) < 4.78 is 31.7. The van der Waals surface area contributed by atoms with Crippen LogP contribution in [0, 0.1) is 0 Å². The van der Waals surface area contributed by atoms with Crippen molar-refractivity contribution < 1.29 is 37.6 Å². The van der Waals surface area contributed by atoms with E-state index in [9.17, 15) is 19.0 Å². The summed E-state index contributed by atoms with van der Waals surface area (Å²) in [7, 11) is -3.22. The molecule has 0 fully saturated rings. The van der Waals surface area contributed by atoms with Crippen LogP contribution in [0.4, 0.5) is 0 Å². The highest BCUT2D eigenvalue weighted by atomic mass is 31.2. The van der Waals surface area contributed by atoms with Gasteiger partial charge in [0.1, 0.15) is 6.61 Å². The van der Waals surface area contributed by atoms with Crippen molar-refractivity contribution in [3.63, 3.8) is 0 Å². The molecule has 0 radical (unpaired) electrons. The number of hydrogen-bond acceptors (Lipinski definition) is 7. The summed E-state index contributed by atoms with van der Waals surface area (Å²) in [5, 5.41) is 0. The third-order valence-corrected chi connectivity index (χ3v) is 7.93. The highest BCUT2D eigenvalue weighted by Gasteiger charge is 2.24. The SMILES string of the molecule is CC/C=C\C/C=C\C/C=C\CCCCCC(=O)OC(COC(=O)CCCCCCC/C=C\C/C=C\CCCC)COP(=O)(O)OC. The van der Waals surface area contributed by atoms with E-state index in [1.165, 1.54) is 12.8 Å². The number of esters is 2. The van der Waals surface area contributed by atoms with Crippen LogP contribution in [0.3, 0.4) is 0 Å². The lowest BCUT2D eigenvalue weighted by molar-refractivity contribution is -0.161. The van der Waals surface area contributed by atoms with Crippen LogP contribution < -0.4 is 0 Å². The van der Waals surface area contributed by atoms with Crippen LogP contribution >= 0.6 is 7.82 Å². The van der Waals surface area contributed by atoms with E-state index in [2.05, 4.69) is 79.1 Å². The Kier molecular flexibility index (Phi) is 31.1. The van der Waals surface area contributed by atoms with Crippen LogP contribution in [-0.4, -0.2) is 43.3 Å². The van der Waals surface area contributed by atoms with Gasteiger partial charge >= 0.3 is 19.8 Å². The first-order valence-electron chi connectivity index (χ1n) is 17.5. The van der Waals surface area contributed by atoms with Gasteiger partial charge in [0.2, 0.25) is 0 Å². The maximum atomic E-state index is 12.4. The number of allylic oxidation sites excluding steroid dienone is 10. The Bertz CT molecular complexity index is 938. The third kappa shape index (κ3) is 31.7. The topological polar surface area (TPSA) is 108 Å². The Labute approximate surface area is 280 Å². The summed E-state index contributed by atoms with van der Waals surface area (Å²) in [5.74, 6) is -0.863. The first-order valence-corrected chi connectivity index (χ1v) is 19.0. The predicted octanol–water partition coefficient (Wildman–Crippen LogP) is 10.4. The molecule has 0 aliphatic heterocycles. The standard InChI is InChI=1S/C37H63O8P/c1-4-6-8-10-12-14-16-18-20-21-23-25-27-29-31-36(38)43-33-35(34-44-46(40,41)42-3)45-37(39)32-30-28-26-24-22-19-17-15-13-11-9-7-5-2/h7,9-10,12-13,15-16,18-19,22,35H,4-6,8,11,14,17,20-21,23-34H2,1-3H3,(H,40,41)/b9-7-,12-10-,15-13-,18-16-,22-19-. The van der Waals surface area contributed by atoms with Gasteiger partial charge in [0.25, 0.3) is 0 Å². The molecule has 8 nitrogen and oxygen atoms in total. The van der Waals surface area contributed by atoms with Crippen molar-refractivity contribution in [3.8, 4) is 0 Å². The molecule has 0 amide bonds. The Morgan fingerprint density at radius 2 is 1.11 bits per heavy atom. The van der Waals surface area contributed by atoms with Crippen molar-refractivity contribution in [2.45, 2.75) is 142 Å². The number of unbranched alkanes of at least 4 members (excludes halogenated alkanes) is 10. The molecule has 46 heavy (non-hydrogen) atoms. The fraction of sp³-hybridized carbons (Fsp3) is 0.676. The molecular weight excluding hydrogens is 603 g/mol. The van der Waals surface area contributed by atoms with Crippen molar-refractivity contribution >= 4 is 19.8 Å². The van der Waals surface area contributed by atoms with E-state index in [1.807, 2.05) is 0 Å². The number of carbonyl (C=O) groups is 2. The van der Waals surface area contributed by atoms with Crippen molar-refractivity contribution in [1.82, 2.24) is 0 Å². The zero-order valence-electron chi connectivity index (χ0n) is 29.0. The molecule has 0 aliphatic rings. The van der Waals surface area contributed by atoms with Crippen molar-refractivity contribution in [1.29, 1.82) is 0 Å². The second kappa shape index (κ2) is 32.7. The minimum absolute atomic E-state index is 0.203. The summed E-state index contributed by atoms with van der Waals surface area (Å²) in [6.45, 7) is 3.66. The van der Waals surface area contributed by atoms with E-state index in [-0.39, 0.29) is 19.4 Å². The van der Waals surface area contributed by atoms with E-state index in [1.54, 1.807) is 0 Å². The maximum absolute atomic E-state index is 12.4. The number of phosphoric acid groups is 1. The van der Waals surface area contributed by atoms with Crippen LogP contribution in [0.1, 0.15) is 136 Å². The third-order valence-electron chi connectivity index (χ3n) is 7.00. The molecule has 0 saturated carbocycles. The molecule has 0 heterocycles. The molecule has 0 aromatic heterocycles. The Balaban J connectivity index is 4.19. The van der Waals surface area contributed by atoms with Crippen molar-refractivity contribution in [2.75, 3.05) is 20.3 Å². The van der Waals surface area contributed by atoms with E-state index in [0.717, 1.165) is 97.0 Å². The van der Waals surface area contributed by atoms with E-state index >= 15 is 0 Å². The summed E-state index contributed by atoms with van der Waals surface area (Å²) in [5.41, 5.74) is 0. The summed E-state index contributed by atoms with van der Waals surface area (Å²) in [6.07, 6.45) is 38.4. The van der Waals surface area contributed by atoms with Gasteiger partial charge in [0, 0.05) is 20.0 Å². The molecule has 0 spiro atoms. The van der Waals surface area contributed by atoms with Crippen LogP contribution in [0.15, 0.2) is 60.8 Å². The highest BCUT2D eigenvalue weighted by Crippen LogP contribution is 2.42. The summed E-state index contributed by atoms with van der Waals surface area (Å²) >= 11 is 0. The van der Waals surface area contributed by atoms with Crippen LogP contribution in [0.2, 0.25) is 0 Å². The molecule has 0 aliphatic carbocycles. The quantitative estimate of drug-likeness (QED) is 0.0337. The lowest BCUT2D eigenvalue weighted by atomic mass is 10.1. The van der Waals surface area contributed by atoms with Crippen LogP contribution in [-0.2, 0) is 32.7 Å². The average molecular weight is 667 g/mol. The fourth-order valence-corrected chi connectivity index (χ4v) is 4.73. The molecule has 2 atom stereocenters. The molecule has 0 aromatic carbocycles. The van der Waals surface area contributed by atoms with Gasteiger partial charge in [-0.05, 0) is 70.6 Å². The zero-order chi connectivity index (χ0) is 34.0. The highest BCUT2D eigenvalue weighted by molar-refractivity contribution is 7.47. The Hall–Kier alpha value is -2.25. The molecule has 264 valence electrons. The van der Waals surface area contributed by atoms with Gasteiger partial charge in [0.05, 0.1) is 6.61 Å². The van der Waals surface area contributed by atoms with E-state index in [4.69, 9.17) is 14.0 Å². The average Bonchev–Trinajstić information content (AvgIpc) is 3.04. The minimum atomic E-state index is -4.27. The number of hydrogen-bond donors (Lipinski definition) is 1. The van der Waals surface area contributed by atoms with Crippen molar-refractivity contribution in [2.24, 2.45) is 0 Å². The lowest BCUT2D eigenvalue weighted by Gasteiger charge is -2.19. The minimum Gasteiger partial charge on any atom is -0.462 e. The molecule has 0 aromatic rings. The van der Waals surface area contributed by atoms with Crippen LogP contribution in [0.5, 0.6) is 0 Å². The molecule has 0 bridgehead atoms. The number of ether oxygens (including phenoxy) is 2. The molecule has 0 saturated heterocycles. The number of carbonyl (C=O) groups excluding carboxylic acids is 2. The van der Waals surface area contributed by atoms with Gasteiger partial charge in [-0.2, -0.15) is 0 Å². The zero-order valence-corrected chi connectivity index (χ0v) is 29.8. The van der Waals surface area contributed by atoms with Gasteiger partial charge in [0.15, 0.2) is 6.10 Å². The van der Waals surface area contributed by atoms with Gasteiger partial charge in [-0.15, -0.1) is 0 Å². The number of rotatable bonds is 31. The molecule has 9 heteroatoms. The second-order valence-electron chi connectivity index (χ2n) is 11.3. The smallest absolute Gasteiger partial charge is 0.462 e. The fourth-order valence-electron chi connectivity index (χ4n) is 4.27. The van der Waals surface area contributed by atoms with E-state index in [0.29, 0.717) is 6.42 Å². The summed E-state index contributed by atoms with van der Waals surface area (Å²) in [6, 6.07) is 0. The Morgan fingerprint density at radius 3 is 1.67 bits per heavy atom. The number of phosphoric ester groups is 1. The van der Waals surface area contributed by atoms with Gasteiger partial charge in [-0.3, -0.25) is 18.6 Å². The first-order chi connectivity index (χ1) is 22.3. The van der Waals surface area contributed by atoms with Crippen LogP contribution in [0.25, 0.3) is 0 Å². The monoisotopic (exact) mass is 666 g/mol. The Morgan fingerprint density at radius 1 is 0.630 bits per heavy atom.